The predicted molar refractivity (Wildman–Crippen MR) is 109 cm³/mol. The van der Waals surface area contributed by atoms with Crippen molar-refractivity contribution >= 4 is 16.0 Å². The lowest BCUT2D eigenvalue weighted by atomic mass is 9.96. The number of hydrogen-bond acceptors (Lipinski definition) is 4. The standard InChI is InChI=1S/C20H30N4O3S/c1-21-20(23-18-13-16-8-9-19(18)27-16)22-14-15-6-5-7-17(12-15)28(25,26)24-10-3-2-4-11-24/h5-7,12,16,18-19H,2-4,8-11,13-14H2,1H3,(H2,21,22,23). The Hall–Kier alpha value is -1.64. The molecule has 4 rings (SSSR count). The summed E-state index contributed by atoms with van der Waals surface area (Å²) in [4.78, 5) is 4.68. The number of hydrogen-bond donors (Lipinski definition) is 2. The van der Waals surface area contributed by atoms with Crippen LogP contribution in [0.1, 0.15) is 44.1 Å². The van der Waals surface area contributed by atoms with Crippen LogP contribution in [0.25, 0.3) is 0 Å². The molecule has 3 unspecified atom stereocenters. The van der Waals surface area contributed by atoms with Gasteiger partial charge >= 0.3 is 0 Å². The molecule has 28 heavy (non-hydrogen) atoms. The normalized spacial score (nSPS) is 28.5. The Kier molecular flexibility index (Phi) is 5.89. The summed E-state index contributed by atoms with van der Waals surface area (Å²) < 4.78 is 33.3. The molecule has 0 aromatic heterocycles. The van der Waals surface area contributed by atoms with E-state index in [-0.39, 0.29) is 6.10 Å². The first-order chi connectivity index (χ1) is 13.6. The van der Waals surface area contributed by atoms with Crippen LogP contribution in [0.15, 0.2) is 34.2 Å². The monoisotopic (exact) mass is 406 g/mol. The Bertz CT molecular complexity index is 820. The second kappa shape index (κ2) is 8.39. The van der Waals surface area contributed by atoms with Crippen LogP contribution < -0.4 is 10.6 Å². The fraction of sp³-hybridized carbons (Fsp3) is 0.650. The third kappa shape index (κ3) is 4.18. The van der Waals surface area contributed by atoms with Gasteiger partial charge in [0.1, 0.15) is 0 Å². The molecule has 3 heterocycles. The quantitative estimate of drug-likeness (QED) is 0.576. The van der Waals surface area contributed by atoms with E-state index in [1.54, 1.807) is 23.5 Å². The lowest BCUT2D eigenvalue weighted by molar-refractivity contribution is 0.0992. The summed E-state index contributed by atoms with van der Waals surface area (Å²) in [6.07, 6.45) is 6.94. The highest BCUT2D eigenvalue weighted by Gasteiger charge is 2.41. The maximum absolute atomic E-state index is 12.9. The summed E-state index contributed by atoms with van der Waals surface area (Å²) in [6.45, 7) is 1.75. The van der Waals surface area contributed by atoms with E-state index in [0.717, 1.165) is 50.0 Å². The first-order valence-corrected chi connectivity index (χ1v) is 11.7. The molecule has 2 N–H and O–H groups in total. The minimum Gasteiger partial charge on any atom is -0.373 e. The Balaban J connectivity index is 1.37. The highest BCUT2D eigenvalue weighted by Crippen LogP contribution is 2.34. The maximum Gasteiger partial charge on any atom is 0.243 e. The highest BCUT2D eigenvalue weighted by atomic mass is 32.2. The Labute approximate surface area is 167 Å². The first-order valence-electron chi connectivity index (χ1n) is 10.3. The number of guanidine groups is 1. The highest BCUT2D eigenvalue weighted by molar-refractivity contribution is 7.89. The van der Waals surface area contributed by atoms with Crippen molar-refractivity contribution in [1.29, 1.82) is 0 Å². The van der Waals surface area contributed by atoms with Crippen molar-refractivity contribution in [3.05, 3.63) is 29.8 Å². The van der Waals surface area contributed by atoms with Crippen molar-refractivity contribution in [2.24, 2.45) is 4.99 Å². The van der Waals surface area contributed by atoms with Crippen LogP contribution in [0.5, 0.6) is 0 Å². The minimum atomic E-state index is -3.41. The van der Waals surface area contributed by atoms with E-state index in [1.807, 2.05) is 12.1 Å². The zero-order valence-electron chi connectivity index (χ0n) is 16.4. The number of rotatable bonds is 5. The van der Waals surface area contributed by atoms with Gasteiger partial charge in [0.25, 0.3) is 0 Å². The molecule has 0 amide bonds. The molecule has 2 bridgehead atoms. The lowest BCUT2D eigenvalue weighted by Crippen LogP contribution is -2.47. The minimum absolute atomic E-state index is 0.279. The molecule has 3 aliphatic rings. The van der Waals surface area contributed by atoms with Gasteiger partial charge in [-0.1, -0.05) is 18.6 Å². The smallest absolute Gasteiger partial charge is 0.243 e. The molecular weight excluding hydrogens is 376 g/mol. The number of piperidine rings is 1. The number of ether oxygens (including phenoxy) is 1. The van der Waals surface area contributed by atoms with Crippen LogP contribution in [-0.2, 0) is 21.3 Å². The van der Waals surface area contributed by atoms with Crippen LogP contribution in [0.2, 0.25) is 0 Å². The van der Waals surface area contributed by atoms with Gasteiger partial charge in [-0.3, -0.25) is 4.99 Å². The second-order valence-electron chi connectivity index (χ2n) is 7.90. The molecule has 1 aromatic carbocycles. The molecule has 0 saturated carbocycles. The van der Waals surface area contributed by atoms with Gasteiger partial charge in [-0.05, 0) is 49.8 Å². The van der Waals surface area contributed by atoms with E-state index in [4.69, 9.17) is 4.74 Å². The van der Waals surface area contributed by atoms with E-state index >= 15 is 0 Å². The van der Waals surface area contributed by atoms with Gasteiger partial charge in [-0.25, -0.2) is 8.42 Å². The molecule has 8 heteroatoms. The molecule has 7 nitrogen and oxygen atoms in total. The first kappa shape index (κ1) is 19.7. The Morgan fingerprint density at radius 1 is 1.25 bits per heavy atom. The number of aliphatic imine (C=N–C) groups is 1. The zero-order chi connectivity index (χ0) is 19.6. The lowest BCUT2D eigenvalue weighted by Gasteiger charge is -2.26. The van der Waals surface area contributed by atoms with Crippen LogP contribution >= 0.6 is 0 Å². The summed E-state index contributed by atoms with van der Waals surface area (Å²) in [5.74, 6) is 0.727. The Morgan fingerprint density at radius 3 is 2.75 bits per heavy atom. The van der Waals surface area contributed by atoms with Crippen LogP contribution in [0.3, 0.4) is 0 Å². The van der Waals surface area contributed by atoms with E-state index in [9.17, 15) is 8.42 Å². The van der Waals surface area contributed by atoms with Gasteiger partial charge in [0.05, 0.1) is 23.1 Å². The average Bonchev–Trinajstić information content (AvgIpc) is 3.35. The van der Waals surface area contributed by atoms with E-state index in [0.29, 0.717) is 36.7 Å². The van der Waals surface area contributed by atoms with Crippen LogP contribution in [0, 0.1) is 0 Å². The van der Waals surface area contributed by atoms with Crippen molar-refractivity contribution < 1.29 is 13.2 Å². The number of sulfonamides is 1. The van der Waals surface area contributed by atoms with Crippen molar-refractivity contribution in [1.82, 2.24) is 14.9 Å². The van der Waals surface area contributed by atoms with Gasteiger partial charge in [0.2, 0.25) is 10.0 Å². The molecule has 3 atom stereocenters. The van der Waals surface area contributed by atoms with E-state index in [1.165, 1.54) is 0 Å². The number of fused-ring (bicyclic) bond motifs is 2. The fourth-order valence-electron chi connectivity index (χ4n) is 4.42. The van der Waals surface area contributed by atoms with E-state index < -0.39 is 10.0 Å². The molecule has 0 aliphatic carbocycles. The molecule has 1 aromatic rings. The third-order valence-electron chi connectivity index (χ3n) is 5.96. The zero-order valence-corrected chi connectivity index (χ0v) is 17.2. The molecule has 3 fully saturated rings. The SMILES string of the molecule is CN=C(NCc1cccc(S(=O)(=O)N2CCCCC2)c1)NC1CC2CCC1O2. The predicted octanol–water partition coefficient (Wildman–Crippen LogP) is 1.85. The van der Waals surface area contributed by atoms with Gasteiger partial charge in [0.15, 0.2) is 5.96 Å². The summed E-state index contributed by atoms with van der Waals surface area (Å²) >= 11 is 0. The molecular formula is C20H30N4O3S. The average molecular weight is 407 g/mol. The summed E-state index contributed by atoms with van der Waals surface area (Å²) in [5.41, 5.74) is 0.922. The van der Waals surface area contributed by atoms with Gasteiger partial charge in [0, 0.05) is 26.7 Å². The second-order valence-corrected chi connectivity index (χ2v) is 9.84. The maximum atomic E-state index is 12.9. The van der Waals surface area contributed by atoms with Crippen molar-refractivity contribution in [3.63, 3.8) is 0 Å². The number of nitrogens with one attached hydrogen (secondary N) is 2. The topological polar surface area (TPSA) is 83.0 Å². The van der Waals surface area contributed by atoms with Gasteiger partial charge < -0.3 is 15.4 Å². The van der Waals surface area contributed by atoms with E-state index in [2.05, 4.69) is 15.6 Å². The molecule has 3 saturated heterocycles. The van der Waals surface area contributed by atoms with Crippen molar-refractivity contribution in [2.75, 3.05) is 20.1 Å². The molecule has 154 valence electrons. The molecule has 0 spiro atoms. The van der Waals surface area contributed by atoms with Crippen molar-refractivity contribution in [2.45, 2.75) is 68.2 Å². The van der Waals surface area contributed by atoms with Gasteiger partial charge in [-0.15, -0.1) is 0 Å². The number of nitrogens with zero attached hydrogens (tertiary/aromatic N) is 2. The van der Waals surface area contributed by atoms with Gasteiger partial charge in [-0.2, -0.15) is 4.31 Å². The van der Waals surface area contributed by atoms with Crippen molar-refractivity contribution in [3.8, 4) is 0 Å². The summed E-state index contributed by atoms with van der Waals surface area (Å²) in [6, 6.07) is 7.51. The Morgan fingerprint density at radius 2 is 2.07 bits per heavy atom. The third-order valence-corrected chi connectivity index (χ3v) is 7.86. The summed E-state index contributed by atoms with van der Waals surface area (Å²) in [5, 5.41) is 6.76. The molecule has 3 aliphatic heterocycles. The molecule has 0 radical (unpaired) electrons. The van der Waals surface area contributed by atoms with Crippen LogP contribution in [0.4, 0.5) is 0 Å². The summed E-state index contributed by atoms with van der Waals surface area (Å²) in [7, 11) is -1.66. The largest absolute Gasteiger partial charge is 0.373 e. The number of benzene rings is 1. The van der Waals surface area contributed by atoms with Crippen LogP contribution in [-0.4, -0.2) is 57.1 Å². The fourth-order valence-corrected chi connectivity index (χ4v) is 6.00.